The molecule has 0 aliphatic carbocycles. The Morgan fingerprint density at radius 3 is 2.48 bits per heavy atom. The van der Waals surface area contributed by atoms with Crippen molar-refractivity contribution in [3.8, 4) is 0 Å². The normalized spacial score (nSPS) is 11.2. The third-order valence-electron chi connectivity index (χ3n) is 2.53. The summed E-state index contributed by atoms with van der Waals surface area (Å²) in [5.74, 6) is 0.625. The molecule has 112 valence electrons. The van der Waals surface area contributed by atoms with Crippen molar-refractivity contribution in [3.05, 3.63) is 34.7 Å². The summed E-state index contributed by atoms with van der Waals surface area (Å²) >= 11 is 3.31. The second-order valence-corrected chi connectivity index (χ2v) is 6.68. The van der Waals surface area contributed by atoms with Gasteiger partial charge in [0.25, 0.3) is 10.0 Å². The third kappa shape index (κ3) is 3.88. The molecule has 2 aromatic heterocycles. The van der Waals surface area contributed by atoms with Crippen LogP contribution in [-0.4, -0.2) is 29.9 Å². The molecular weight excluding hydrogens is 358 g/mol. The summed E-state index contributed by atoms with van der Waals surface area (Å²) < 4.78 is 27.6. The van der Waals surface area contributed by atoms with Gasteiger partial charge in [-0.1, -0.05) is 0 Å². The van der Waals surface area contributed by atoms with Crippen LogP contribution in [0.1, 0.15) is 12.6 Å². The van der Waals surface area contributed by atoms with Crippen LogP contribution in [0.2, 0.25) is 0 Å². The number of nitrogens with one attached hydrogen (secondary N) is 2. The number of sulfonamides is 1. The molecule has 2 rings (SSSR count). The van der Waals surface area contributed by atoms with Crippen LogP contribution in [0.15, 0.2) is 33.9 Å². The van der Waals surface area contributed by atoms with E-state index in [9.17, 15) is 8.42 Å². The van der Waals surface area contributed by atoms with Crippen LogP contribution in [0.3, 0.4) is 0 Å². The largest absolute Gasteiger partial charge is 0.355 e. The van der Waals surface area contributed by atoms with E-state index in [-0.39, 0.29) is 10.7 Å². The van der Waals surface area contributed by atoms with Crippen molar-refractivity contribution in [2.24, 2.45) is 0 Å². The van der Waals surface area contributed by atoms with Gasteiger partial charge >= 0.3 is 0 Å². The highest BCUT2D eigenvalue weighted by atomic mass is 79.9. The molecule has 2 heterocycles. The number of aromatic nitrogens is 3. The SMILES string of the molecule is CCNc1ncc(S(=O)(=O)Nc2ccc(Br)c(C)n2)cn1. The lowest BCUT2D eigenvalue weighted by Gasteiger charge is -2.08. The van der Waals surface area contributed by atoms with Crippen molar-refractivity contribution in [2.75, 3.05) is 16.6 Å². The second-order valence-electron chi connectivity index (χ2n) is 4.14. The Bertz CT molecular complexity index is 734. The Hall–Kier alpha value is -1.74. The first-order valence-electron chi connectivity index (χ1n) is 6.14. The highest BCUT2D eigenvalue weighted by Gasteiger charge is 2.16. The molecular formula is C12H14BrN5O2S. The lowest BCUT2D eigenvalue weighted by molar-refractivity contribution is 0.600. The van der Waals surface area contributed by atoms with Crippen LogP contribution in [0.5, 0.6) is 0 Å². The van der Waals surface area contributed by atoms with Gasteiger partial charge in [-0.2, -0.15) is 0 Å². The first-order valence-corrected chi connectivity index (χ1v) is 8.42. The third-order valence-corrected chi connectivity index (χ3v) is 4.68. The van der Waals surface area contributed by atoms with Crippen molar-refractivity contribution in [1.29, 1.82) is 0 Å². The van der Waals surface area contributed by atoms with Gasteiger partial charge in [-0.05, 0) is 41.9 Å². The fourth-order valence-electron chi connectivity index (χ4n) is 1.50. The Morgan fingerprint density at radius 2 is 1.90 bits per heavy atom. The van der Waals surface area contributed by atoms with E-state index < -0.39 is 10.0 Å². The molecule has 0 amide bonds. The molecule has 0 spiro atoms. The summed E-state index contributed by atoms with van der Waals surface area (Å²) in [4.78, 5) is 12.0. The summed E-state index contributed by atoms with van der Waals surface area (Å²) in [6, 6.07) is 3.30. The molecule has 0 aromatic carbocycles. The highest BCUT2D eigenvalue weighted by molar-refractivity contribution is 9.10. The zero-order valence-corrected chi connectivity index (χ0v) is 13.9. The Morgan fingerprint density at radius 1 is 1.24 bits per heavy atom. The van der Waals surface area contributed by atoms with E-state index in [1.807, 2.05) is 6.92 Å². The maximum atomic E-state index is 12.2. The molecule has 0 fully saturated rings. The van der Waals surface area contributed by atoms with E-state index in [1.165, 1.54) is 12.4 Å². The molecule has 0 saturated heterocycles. The van der Waals surface area contributed by atoms with Crippen molar-refractivity contribution in [2.45, 2.75) is 18.7 Å². The number of halogens is 1. The van der Waals surface area contributed by atoms with Gasteiger partial charge in [0.15, 0.2) is 0 Å². The van der Waals surface area contributed by atoms with Crippen LogP contribution in [0.4, 0.5) is 11.8 Å². The van der Waals surface area contributed by atoms with Crippen molar-refractivity contribution >= 4 is 37.7 Å². The minimum absolute atomic E-state index is 0.0217. The van der Waals surface area contributed by atoms with Gasteiger partial charge in [0.1, 0.15) is 10.7 Å². The van der Waals surface area contributed by atoms with Crippen LogP contribution < -0.4 is 10.0 Å². The number of hydrogen-bond donors (Lipinski definition) is 2. The molecule has 21 heavy (non-hydrogen) atoms. The predicted molar refractivity (Wildman–Crippen MR) is 83.7 cm³/mol. The molecule has 9 heteroatoms. The summed E-state index contributed by atoms with van der Waals surface area (Å²) in [6.45, 7) is 4.33. The van der Waals surface area contributed by atoms with Gasteiger partial charge in [-0.3, -0.25) is 4.72 Å². The van der Waals surface area contributed by atoms with Crippen molar-refractivity contribution in [3.63, 3.8) is 0 Å². The Kier molecular flexibility index (Phi) is 4.73. The van der Waals surface area contributed by atoms with Crippen LogP contribution in [0.25, 0.3) is 0 Å². The van der Waals surface area contributed by atoms with E-state index >= 15 is 0 Å². The predicted octanol–water partition coefficient (Wildman–Crippen LogP) is 2.18. The van der Waals surface area contributed by atoms with Gasteiger partial charge in [0.2, 0.25) is 5.95 Å². The average Bonchev–Trinajstić information content (AvgIpc) is 2.44. The van der Waals surface area contributed by atoms with E-state index in [1.54, 1.807) is 19.1 Å². The fourth-order valence-corrected chi connectivity index (χ4v) is 2.61. The van der Waals surface area contributed by atoms with Gasteiger partial charge in [0.05, 0.1) is 18.1 Å². The molecule has 0 aliphatic heterocycles. The number of aryl methyl sites for hydroxylation is 1. The van der Waals surface area contributed by atoms with Gasteiger partial charge in [-0.15, -0.1) is 0 Å². The first kappa shape index (κ1) is 15.6. The van der Waals surface area contributed by atoms with E-state index in [0.29, 0.717) is 18.2 Å². The molecule has 0 bridgehead atoms. The Labute approximate surface area is 131 Å². The average molecular weight is 372 g/mol. The van der Waals surface area contributed by atoms with Crippen LogP contribution in [-0.2, 0) is 10.0 Å². The smallest absolute Gasteiger partial charge is 0.266 e. The summed E-state index contributed by atoms with van der Waals surface area (Å²) in [5, 5.41) is 2.89. The molecule has 2 N–H and O–H groups in total. The number of nitrogens with zero attached hydrogens (tertiary/aromatic N) is 3. The topological polar surface area (TPSA) is 96.9 Å². The number of anilines is 2. The van der Waals surface area contributed by atoms with Crippen LogP contribution >= 0.6 is 15.9 Å². The standard InChI is InChI=1S/C12H14BrN5O2S/c1-3-14-12-15-6-9(7-16-12)21(19,20)18-11-5-4-10(13)8(2)17-11/h4-7H,3H2,1-2H3,(H,17,18)(H,14,15,16). The van der Waals surface area contributed by atoms with Gasteiger partial charge < -0.3 is 5.32 Å². The Balaban J connectivity index is 2.23. The monoisotopic (exact) mass is 371 g/mol. The number of pyridine rings is 1. The molecule has 0 unspecified atom stereocenters. The zero-order chi connectivity index (χ0) is 15.5. The van der Waals surface area contributed by atoms with E-state index in [2.05, 4.69) is 40.9 Å². The minimum Gasteiger partial charge on any atom is -0.355 e. The lowest BCUT2D eigenvalue weighted by atomic mass is 10.4. The minimum atomic E-state index is -3.76. The fraction of sp³-hybridized carbons (Fsp3) is 0.250. The first-order chi connectivity index (χ1) is 9.92. The summed E-state index contributed by atoms with van der Waals surface area (Å²) in [5.41, 5.74) is 0.689. The van der Waals surface area contributed by atoms with Gasteiger partial charge in [0, 0.05) is 11.0 Å². The maximum Gasteiger partial charge on any atom is 0.266 e. The highest BCUT2D eigenvalue weighted by Crippen LogP contribution is 2.18. The van der Waals surface area contributed by atoms with Crippen LogP contribution in [0, 0.1) is 6.92 Å². The van der Waals surface area contributed by atoms with E-state index in [0.717, 1.165) is 4.47 Å². The molecule has 0 radical (unpaired) electrons. The summed E-state index contributed by atoms with van der Waals surface area (Å²) in [6.07, 6.45) is 2.50. The van der Waals surface area contributed by atoms with E-state index in [4.69, 9.17) is 0 Å². The maximum absolute atomic E-state index is 12.2. The molecule has 7 nitrogen and oxygen atoms in total. The molecule has 0 atom stereocenters. The quantitative estimate of drug-likeness (QED) is 0.835. The molecule has 2 aromatic rings. The lowest BCUT2D eigenvalue weighted by Crippen LogP contribution is -2.15. The molecule has 0 saturated carbocycles. The summed E-state index contributed by atoms with van der Waals surface area (Å²) in [7, 11) is -3.76. The van der Waals surface area contributed by atoms with Crippen molar-refractivity contribution in [1.82, 2.24) is 15.0 Å². The zero-order valence-electron chi connectivity index (χ0n) is 11.5. The number of hydrogen-bond acceptors (Lipinski definition) is 6. The second kappa shape index (κ2) is 6.35. The molecule has 0 aliphatic rings. The van der Waals surface area contributed by atoms with Crippen molar-refractivity contribution < 1.29 is 8.42 Å². The number of rotatable bonds is 5. The van der Waals surface area contributed by atoms with Gasteiger partial charge in [-0.25, -0.2) is 23.4 Å².